The van der Waals surface area contributed by atoms with Gasteiger partial charge in [-0.2, -0.15) is 0 Å². The van der Waals surface area contributed by atoms with Crippen LogP contribution in [0.25, 0.3) is 0 Å². The Bertz CT molecular complexity index is 491. The minimum Gasteiger partial charge on any atom is -0.469 e. The maximum atomic E-state index is 12.2. The first-order valence-electron chi connectivity index (χ1n) is 7.26. The Hall–Kier alpha value is -1.40. The van der Waals surface area contributed by atoms with Crippen molar-refractivity contribution in [2.24, 2.45) is 5.73 Å². The number of piperazine rings is 1. The molecule has 1 aliphatic rings. The van der Waals surface area contributed by atoms with Gasteiger partial charge < -0.3 is 15.1 Å². The van der Waals surface area contributed by atoms with E-state index in [0.29, 0.717) is 17.8 Å². The first-order chi connectivity index (χ1) is 9.91. The topological polar surface area (TPSA) is 62.7 Å². The molecule has 0 saturated carbocycles. The number of carbonyl (C=O) groups excluding carboxylic acids is 1. The zero-order chi connectivity index (χ0) is 15.5. The molecular weight excluding hydrogens is 286 g/mol. The molecule has 0 radical (unpaired) electrons. The number of amides is 1. The zero-order valence-electron chi connectivity index (χ0n) is 12.7. The van der Waals surface area contributed by atoms with Crippen LogP contribution in [0.1, 0.15) is 26.0 Å². The van der Waals surface area contributed by atoms with E-state index in [1.807, 2.05) is 30.9 Å². The van der Waals surface area contributed by atoms with Crippen molar-refractivity contribution in [1.82, 2.24) is 9.80 Å². The molecule has 1 amide bonds. The van der Waals surface area contributed by atoms with E-state index in [0.717, 1.165) is 31.9 Å². The highest BCUT2D eigenvalue weighted by molar-refractivity contribution is 7.80. The molecular formula is C15H23N3O2S. The van der Waals surface area contributed by atoms with Gasteiger partial charge in [-0.25, -0.2) is 0 Å². The SMILES string of the molecule is CC(C)(C(N)=S)N1CCN(C(=O)CCc2ccco2)CC1. The van der Waals surface area contributed by atoms with E-state index in [1.54, 1.807) is 6.26 Å². The number of carbonyl (C=O) groups is 1. The van der Waals surface area contributed by atoms with E-state index < -0.39 is 0 Å². The number of nitrogens with two attached hydrogens (primary N) is 1. The van der Waals surface area contributed by atoms with Gasteiger partial charge in [-0.15, -0.1) is 0 Å². The molecule has 1 aromatic heterocycles. The third kappa shape index (κ3) is 3.83. The Morgan fingerprint density at radius 2 is 2.05 bits per heavy atom. The van der Waals surface area contributed by atoms with E-state index in [2.05, 4.69) is 4.90 Å². The van der Waals surface area contributed by atoms with E-state index in [4.69, 9.17) is 22.4 Å². The number of furan rings is 1. The lowest BCUT2D eigenvalue weighted by atomic mass is 10.0. The van der Waals surface area contributed by atoms with Crippen LogP contribution in [0, 0.1) is 0 Å². The van der Waals surface area contributed by atoms with Crippen LogP contribution in [0.4, 0.5) is 0 Å². The van der Waals surface area contributed by atoms with Crippen LogP contribution in [0.2, 0.25) is 0 Å². The van der Waals surface area contributed by atoms with Gasteiger partial charge in [0.1, 0.15) is 5.76 Å². The summed E-state index contributed by atoms with van der Waals surface area (Å²) in [6.07, 6.45) is 2.78. The third-order valence-electron chi connectivity index (χ3n) is 4.19. The highest BCUT2D eigenvalue weighted by Crippen LogP contribution is 2.18. The molecule has 0 unspecified atom stereocenters. The molecule has 2 N–H and O–H groups in total. The highest BCUT2D eigenvalue weighted by atomic mass is 32.1. The van der Waals surface area contributed by atoms with Crippen LogP contribution in [0.15, 0.2) is 22.8 Å². The smallest absolute Gasteiger partial charge is 0.223 e. The van der Waals surface area contributed by atoms with Gasteiger partial charge in [0.05, 0.1) is 16.8 Å². The van der Waals surface area contributed by atoms with E-state index in [1.165, 1.54) is 0 Å². The molecule has 2 heterocycles. The number of nitrogens with zero attached hydrogens (tertiary/aromatic N) is 2. The van der Waals surface area contributed by atoms with Crippen molar-refractivity contribution in [3.8, 4) is 0 Å². The molecule has 116 valence electrons. The van der Waals surface area contributed by atoms with Crippen molar-refractivity contribution in [1.29, 1.82) is 0 Å². The van der Waals surface area contributed by atoms with Gasteiger partial charge >= 0.3 is 0 Å². The second kappa shape index (κ2) is 6.58. The maximum Gasteiger partial charge on any atom is 0.223 e. The molecule has 0 spiro atoms. The number of rotatable bonds is 5. The van der Waals surface area contributed by atoms with E-state index in [-0.39, 0.29) is 11.4 Å². The van der Waals surface area contributed by atoms with Gasteiger partial charge in [0, 0.05) is 39.0 Å². The summed E-state index contributed by atoms with van der Waals surface area (Å²) in [7, 11) is 0. The van der Waals surface area contributed by atoms with Crippen LogP contribution < -0.4 is 5.73 Å². The molecule has 2 rings (SSSR count). The van der Waals surface area contributed by atoms with Gasteiger partial charge in [-0.1, -0.05) is 12.2 Å². The van der Waals surface area contributed by atoms with Crippen LogP contribution in [0.5, 0.6) is 0 Å². The molecule has 0 aromatic carbocycles. The summed E-state index contributed by atoms with van der Waals surface area (Å²) in [5.41, 5.74) is 5.50. The van der Waals surface area contributed by atoms with Gasteiger partial charge in [-0.3, -0.25) is 9.69 Å². The van der Waals surface area contributed by atoms with E-state index in [9.17, 15) is 4.79 Å². The second-order valence-electron chi connectivity index (χ2n) is 5.87. The van der Waals surface area contributed by atoms with Crippen molar-refractivity contribution in [2.75, 3.05) is 26.2 Å². The second-order valence-corrected chi connectivity index (χ2v) is 6.31. The quantitative estimate of drug-likeness (QED) is 0.834. The van der Waals surface area contributed by atoms with Crippen LogP contribution >= 0.6 is 12.2 Å². The first kappa shape index (κ1) is 16.0. The molecule has 0 bridgehead atoms. The summed E-state index contributed by atoms with van der Waals surface area (Å²) in [5, 5.41) is 0. The molecule has 6 heteroatoms. The number of thiocarbonyl (C=S) groups is 1. The summed E-state index contributed by atoms with van der Waals surface area (Å²) in [5.74, 6) is 1.04. The fourth-order valence-corrected chi connectivity index (χ4v) is 2.64. The normalized spacial score (nSPS) is 17.0. The van der Waals surface area contributed by atoms with Crippen molar-refractivity contribution in [2.45, 2.75) is 32.2 Å². The number of hydrogen-bond donors (Lipinski definition) is 1. The molecule has 5 nitrogen and oxygen atoms in total. The largest absolute Gasteiger partial charge is 0.469 e. The molecule has 0 atom stereocenters. The zero-order valence-corrected chi connectivity index (χ0v) is 13.5. The maximum absolute atomic E-state index is 12.2. The Balaban J connectivity index is 1.80. The molecule has 0 aliphatic carbocycles. The first-order valence-corrected chi connectivity index (χ1v) is 7.67. The van der Waals surface area contributed by atoms with Gasteiger partial charge in [0.15, 0.2) is 0 Å². The van der Waals surface area contributed by atoms with Crippen LogP contribution in [-0.2, 0) is 11.2 Å². The fraction of sp³-hybridized carbons (Fsp3) is 0.600. The molecule has 1 aliphatic heterocycles. The third-order valence-corrected chi connectivity index (χ3v) is 4.69. The number of aryl methyl sites for hydroxylation is 1. The summed E-state index contributed by atoms with van der Waals surface area (Å²) in [4.78, 5) is 16.9. The average Bonchev–Trinajstić information content (AvgIpc) is 2.98. The molecule has 1 aromatic rings. The lowest BCUT2D eigenvalue weighted by Gasteiger charge is -2.43. The predicted molar refractivity (Wildman–Crippen MR) is 86.0 cm³/mol. The minimum atomic E-state index is -0.293. The molecule has 21 heavy (non-hydrogen) atoms. The summed E-state index contributed by atoms with van der Waals surface area (Å²) in [6.45, 7) is 7.12. The van der Waals surface area contributed by atoms with Gasteiger partial charge in [0.25, 0.3) is 0 Å². The van der Waals surface area contributed by atoms with Crippen LogP contribution in [0.3, 0.4) is 0 Å². The Kier molecular flexibility index (Phi) is 5.00. The Morgan fingerprint density at radius 3 is 2.57 bits per heavy atom. The van der Waals surface area contributed by atoms with Crippen molar-refractivity contribution in [3.63, 3.8) is 0 Å². The summed E-state index contributed by atoms with van der Waals surface area (Å²) >= 11 is 5.13. The molecule has 1 saturated heterocycles. The minimum absolute atomic E-state index is 0.180. The van der Waals surface area contributed by atoms with E-state index >= 15 is 0 Å². The summed E-state index contributed by atoms with van der Waals surface area (Å²) in [6, 6.07) is 3.74. The standard InChI is InChI=1S/C15H23N3O2S/c1-15(2,14(16)21)18-9-7-17(8-10-18)13(19)6-5-12-4-3-11-20-12/h3-4,11H,5-10H2,1-2H3,(H2,16,21). The Morgan fingerprint density at radius 1 is 1.38 bits per heavy atom. The Labute approximate surface area is 131 Å². The predicted octanol–water partition coefficient (Wildman–Crippen LogP) is 1.42. The fourth-order valence-electron chi connectivity index (χ4n) is 2.51. The van der Waals surface area contributed by atoms with Crippen molar-refractivity contribution >= 4 is 23.1 Å². The average molecular weight is 309 g/mol. The van der Waals surface area contributed by atoms with Crippen molar-refractivity contribution in [3.05, 3.63) is 24.2 Å². The molecule has 1 fully saturated rings. The van der Waals surface area contributed by atoms with Crippen molar-refractivity contribution < 1.29 is 9.21 Å². The highest BCUT2D eigenvalue weighted by Gasteiger charge is 2.33. The van der Waals surface area contributed by atoms with Crippen LogP contribution in [-0.4, -0.2) is 52.4 Å². The van der Waals surface area contributed by atoms with Gasteiger partial charge in [0.2, 0.25) is 5.91 Å². The monoisotopic (exact) mass is 309 g/mol. The lowest BCUT2D eigenvalue weighted by Crippen LogP contribution is -2.59. The summed E-state index contributed by atoms with van der Waals surface area (Å²) < 4.78 is 5.25. The lowest BCUT2D eigenvalue weighted by molar-refractivity contribution is -0.133. The number of hydrogen-bond acceptors (Lipinski definition) is 4. The van der Waals surface area contributed by atoms with Gasteiger partial charge in [-0.05, 0) is 26.0 Å².